The summed E-state index contributed by atoms with van der Waals surface area (Å²) in [6, 6.07) is 3.43. The number of allylic oxidation sites excluding steroid dienone is 1. The van der Waals surface area contributed by atoms with Gasteiger partial charge < -0.3 is 5.11 Å². The van der Waals surface area contributed by atoms with Gasteiger partial charge in [0.15, 0.2) is 18.2 Å². The van der Waals surface area contributed by atoms with Crippen LogP contribution in [0.25, 0.3) is 0 Å². The Kier molecular flexibility index (Phi) is 2.80. The predicted octanol–water partition coefficient (Wildman–Crippen LogP) is 1.52. The number of aromatic nitrogens is 1. The van der Waals surface area contributed by atoms with Gasteiger partial charge in [-0.05, 0) is 6.07 Å². The van der Waals surface area contributed by atoms with E-state index in [1.165, 1.54) is 0 Å². The fraction of sp³-hybridized carbons (Fsp3) is 0.222. The fourth-order valence-corrected chi connectivity index (χ4v) is 0.964. The van der Waals surface area contributed by atoms with Gasteiger partial charge in [-0.25, -0.2) is 4.39 Å². The Hall–Kier alpha value is -1.38. The molecule has 0 aliphatic heterocycles. The second-order valence-electron chi connectivity index (χ2n) is 2.58. The largest absolute Gasteiger partial charge is 0.506 e. The van der Waals surface area contributed by atoms with E-state index in [1.54, 1.807) is 29.1 Å². The van der Waals surface area contributed by atoms with E-state index in [-0.39, 0.29) is 5.76 Å². The van der Waals surface area contributed by atoms with Crippen LogP contribution in [0.2, 0.25) is 0 Å². The summed E-state index contributed by atoms with van der Waals surface area (Å²) in [4.78, 5) is 0. The maximum absolute atomic E-state index is 12.1. The van der Waals surface area contributed by atoms with Gasteiger partial charge in [0, 0.05) is 11.6 Å². The number of nitrogens with zero attached hydrogens (tertiary/aromatic N) is 1. The highest BCUT2D eigenvalue weighted by atomic mass is 19.1. The molecular formula is C9H11FNO+. The second-order valence-corrected chi connectivity index (χ2v) is 2.58. The summed E-state index contributed by atoms with van der Waals surface area (Å²) in [5.74, 6) is 0.0657. The lowest BCUT2D eigenvalue weighted by Gasteiger charge is -1.95. The number of hydrogen-bond acceptors (Lipinski definition) is 1. The van der Waals surface area contributed by atoms with Crippen molar-refractivity contribution in [2.75, 3.05) is 0 Å². The minimum Gasteiger partial charge on any atom is -0.506 e. The summed E-state index contributed by atoms with van der Waals surface area (Å²) in [5, 5.41) is 8.86. The molecule has 0 aromatic carbocycles. The van der Waals surface area contributed by atoms with Gasteiger partial charge >= 0.3 is 0 Å². The van der Waals surface area contributed by atoms with Crippen LogP contribution in [-0.4, -0.2) is 5.11 Å². The topological polar surface area (TPSA) is 24.1 Å². The minimum atomic E-state index is -0.487. The zero-order valence-corrected chi connectivity index (χ0v) is 6.70. The molecule has 0 bridgehead atoms. The second kappa shape index (κ2) is 3.85. The number of pyridine rings is 1. The molecule has 0 fully saturated rings. The lowest BCUT2D eigenvalue weighted by molar-refractivity contribution is -0.692. The van der Waals surface area contributed by atoms with E-state index >= 15 is 0 Å². The molecule has 0 spiro atoms. The standard InChI is InChI=1S/C9H10FNO/c1-8(12)6-11-4-2-3-9(5-10)7-11/h2-4,7H,1,5-6H2/p+1. The lowest BCUT2D eigenvalue weighted by Crippen LogP contribution is -2.33. The Morgan fingerprint density at radius 3 is 3.00 bits per heavy atom. The van der Waals surface area contributed by atoms with Crippen molar-refractivity contribution in [1.82, 2.24) is 0 Å². The molecule has 0 unspecified atom stereocenters. The molecule has 1 aromatic rings. The molecule has 1 N–H and O–H groups in total. The van der Waals surface area contributed by atoms with Gasteiger partial charge in [-0.3, -0.25) is 0 Å². The summed E-state index contributed by atoms with van der Waals surface area (Å²) in [6.45, 7) is 3.17. The first kappa shape index (κ1) is 8.71. The molecule has 0 radical (unpaired) electrons. The Morgan fingerprint density at radius 2 is 2.42 bits per heavy atom. The minimum absolute atomic E-state index is 0.0657. The Morgan fingerprint density at radius 1 is 1.67 bits per heavy atom. The van der Waals surface area contributed by atoms with Crippen LogP contribution in [0.15, 0.2) is 36.9 Å². The molecule has 1 rings (SSSR count). The van der Waals surface area contributed by atoms with E-state index < -0.39 is 6.67 Å². The molecule has 0 amide bonds. The zero-order chi connectivity index (χ0) is 8.97. The van der Waals surface area contributed by atoms with E-state index in [0.29, 0.717) is 12.1 Å². The highest BCUT2D eigenvalue weighted by molar-refractivity contribution is 5.03. The normalized spacial score (nSPS) is 9.75. The van der Waals surface area contributed by atoms with Crippen molar-refractivity contribution in [1.29, 1.82) is 0 Å². The summed E-state index contributed by atoms with van der Waals surface area (Å²) >= 11 is 0. The van der Waals surface area contributed by atoms with E-state index in [1.807, 2.05) is 0 Å². The molecule has 2 nitrogen and oxygen atoms in total. The summed E-state index contributed by atoms with van der Waals surface area (Å²) in [7, 11) is 0. The molecule has 12 heavy (non-hydrogen) atoms. The molecule has 0 aliphatic rings. The molecule has 0 atom stereocenters. The SMILES string of the molecule is C=C(O)C[n+]1cccc(CF)c1. The smallest absolute Gasteiger partial charge is 0.204 e. The Balaban J connectivity index is 2.79. The Bertz CT molecular complexity index is 286. The van der Waals surface area contributed by atoms with Gasteiger partial charge in [-0.2, -0.15) is 4.57 Å². The number of aliphatic hydroxyl groups is 1. The molecule has 1 heterocycles. The summed E-state index contributed by atoms with van der Waals surface area (Å²) in [6.07, 6.45) is 3.39. The van der Waals surface area contributed by atoms with Gasteiger partial charge in [0.05, 0.1) is 0 Å². The third-order valence-corrected chi connectivity index (χ3v) is 1.44. The van der Waals surface area contributed by atoms with Crippen molar-refractivity contribution in [2.24, 2.45) is 0 Å². The highest BCUT2D eigenvalue weighted by Gasteiger charge is 2.02. The molecular weight excluding hydrogens is 157 g/mol. The fourth-order valence-electron chi connectivity index (χ4n) is 0.964. The third-order valence-electron chi connectivity index (χ3n) is 1.44. The van der Waals surface area contributed by atoms with Gasteiger partial charge in [0.25, 0.3) is 0 Å². The van der Waals surface area contributed by atoms with E-state index in [2.05, 4.69) is 6.58 Å². The molecule has 64 valence electrons. The molecule has 0 saturated heterocycles. The van der Waals surface area contributed by atoms with E-state index in [0.717, 1.165) is 0 Å². The quantitative estimate of drug-likeness (QED) is 0.537. The van der Waals surface area contributed by atoms with Crippen molar-refractivity contribution in [3.8, 4) is 0 Å². The van der Waals surface area contributed by atoms with Crippen molar-refractivity contribution in [3.63, 3.8) is 0 Å². The van der Waals surface area contributed by atoms with Crippen LogP contribution in [0.3, 0.4) is 0 Å². The van der Waals surface area contributed by atoms with Gasteiger partial charge in [0.1, 0.15) is 6.67 Å². The van der Waals surface area contributed by atoms with Gasteiger partial charge in [-0.15, -0.1) is 0 Å². The Labute approximate surface area is 70.6 Å². The van der Waals surface area contributed by atoms with Crippen molar-refractivity contribution < 1.29 is 14.1 Å². The van der Waals surface area contributed by atoms with E-state index in [4.69, 9.17) is 5.11 Å². The maximum atomic E-state index is 12.1. The first-order chi connectivity index (χ1) is 5.72. The number of hydrogen-bond donors (Lipinski definition) is 1. The first-order valence-electron chi connectivity index (χ1n) is 3.63. The monoisotopic (exact) mass is 168 g/mol. The number of alkyl halides is 1. The lowest BCUT2D eigenvalue weighted by atomic mass is 10.3. The molecule has 0 aliphatic carbocycles. The van der Waals surface area contributed by atoms with Crippen LogP contribution in [0.5, 0.6) is 0 Å². The molecule has 0 saturated carbocycles. The third kappa shape index (κ3) is 2.34. The van der Waals surface area contributed by atoms with Crippen molar-refractivity contribution in [3.05, 3.63) is 42.4 Å². The number of halogens is 1. The summed E-state index contributed by atoms with van der Waals surface area (Å²) < 4.78 is 13.8. The highest BCUT2D eigenvalue weighted by Crippen LogP contribution is 1.96. The van der Waals surface area contributed by atoms with Crippen LogP contribution in [-0.2, 0) is 13.2 Å². The number of rotatable bonds is 3. The van der Waals surface area contributed by atoms with Crippen LogP contribution in [0.1, 0.15) is 5.56 Å². The summed E-state index contributed by atoms with van der Waals surface area (Å²) in [5.41, 5.74) is 0.596. The van der Waals surface area contributed by atoms with Crippen LogP contribution in [0.4, 0.5) is 4.39 Å². The maximum Gasteiger partial charge on any atom is 0.204 e. The van der Waals surface area contributed by atoms with Crippen molar-refractivity contribution >= 4 is 0 Å². The van der Waals surface area contributed by atoms with Crippen LogP contribution < -0.4 is 4.57 Å². The van der Waals surface area contributed by atoms with Gasteiger partial charge in [-0.1, -0.05) is 6.58 Å². The van der Waals surface area contributed by atoms with Crippen LogP contribution >= 0.6 is 0 Å². The predicted molar refractivity (Wildman–Crippen MR) is 43.2 cm³/mol. The first-order valence-corrected chi connectivity index (χ1v) is 3.63. The zero-order valence-electron chi connectivity index (χ0n) is 6.70. The average Bonchev–Trinajstić information content (AvgIpc) is 2.03. The van der Waals surface area contributed by atoms with Gasteiger partial charge in [0.2, 0.25) is 6.54 Å². The van der Waals surface area contributed by atoms with E-state index in [9.17, 15) is 4.39 Å². The average molecular weight is 168 g/mol. The molecule has 3 heteroatoms. The number of aliphatic hydroxyl groups excluding tert-OH is 1. The van der Waals surface area contributed by atoms with Crippen LogP contribution in [0, 0.1) is 0 Å². The molecule has 1 aromatic heterocycles. The van der Waals surface area contributed by atoms with Crippen molar-refractivity contribution in [2.45, 2.75) is 13.2 Å².